The van der Waals surface area contributed by atoms with Crippen molar-refractivity contribution in [1.29, 1.82) is 5.41 Å². The quantitative estimate of drug-likeness (QED) is 0.112. The van der Waals surface area contributed by atoms with Crippen LogP contribution in [0.5, 0.6) is 0 Å². The van der Waals surface area contributed by atoms with Crippen molar-refractivity contribution in [2.75, 3.05) is 0 Å². The van der Waals surface area contributed by atoms with Gasteiger partial charge in [0.2, 0.25) is 0 Å². The summed E-state index contributed by atoms with van der Waals surface area (Å²) >= 11 is 0. The third kappa shape index (κ3) is 2.66. The zero-order valence-corrected chi connectivity index (χ0v) is 12.8. The number of rotatable bonds is 5. The third-order valence-corrected chi connectivity index (χ3v) is 4.95. The first-order chi connectivity index (χ1) is 11.1. The van der Waals surface area contributed by atoms with Crippen LogP contribution in [0.4, 0.5) is 0 Å². The first-order valence-electron chi connectivity index (χ1n) is 6.43. The number of nitrogens with two attached hydrogens (primary N) is 1. The van der Waals surface area contributed by atoms with Crippen molar-refractivity contribution in [3.63, 3.8) is 0 Å². The van der Waals surface area contributed by atoms with E-state index >= 15 is 0 Å². The van der Waals surface area contributed by atoms with Crippen molar-refractivity contribution < 1.29 is 39.2 Å². The molecule has 2 rings (SSSR count). The van der Waals surface area contributed by atoms with Crippen molar-refractivity contribution >= 4 is 19.8 Å². The van der Waals surface area contributed by atoms with Gasteiger partial charge in [0.05, 0.1) is 18.9 Å². The minimum atomic E-state index is -5.52. The molecule has 14 heteroatoms. The van der Waals surface area contributed by atoms with E-state index in [1.807, 2.05) is 0 Å². The number of amides is 1. The molecule has 5 atom stereocenters. The number of ether oxygens (including phenoxy) is 1. The van der Waals surface area contributed by atoms with Gasteiger partial charge >= 0.3 is 7.60 Å². The second-order valence-electron chi connectivity index (χ2n) is 4.98. The molecule has 0 aliphatic carbocycles. The van der Waals surface area contributed by atoms with Gasteiger partial charge in [-0.2, -0.15) is 0 Å². The predicted octanol–water partition coefficient (Wildman–Crippen LogP) is -3.31. The second-order valence-corrected chi connectivity index (χ2v) is 6.71. The van der Waals surface area contributed by atoms with Crippen LogP contribution in [-0.4, -0.2) is 82.2 Å². The lowest BCUT2D eigenvalue weighted by Gasteiger charge is -2.39. The first kappa shape index (κ1) is 18.6. The fourth-order valence-corrected chi connectivity index (χ4v) is 3.58. The van der Waals surface area contributed by atoms with E-state index in [0.29, 0.717) is 0 Å². The summed E-state index contributed by atoms with van der Waals surface area (Å²) < 4.78 is 17.0. The van der Waals surface area contributed by atoms with E-state index in [9.17, 15) is 34.5 Å². The molecule has 0 aromatic carbocycles. The monoisotopic (exact) mass is 365 g/mol. The number of aliphatic hydroxyl groups is 3. The van der Waals surface area contributed by atoms with Crippen molar-refractivity contribution in [2.45, 2.75) is 30.0 Å². The molecular weight excluding hydrogens is 349 g/mol. The van der Waals surface area contributed by atoms with E-state index in [1.54, 1.807) is 0 Å². The van der Waals surface area contributed by atoms with Crippen molar-refractivity contribution in [1.82, 2.24) is 14.9 Å². The molecule has 1 aromatic heterocycles. The summed E-state index contributed by atoms with van der Waals surface area (Å²) in [5, 5.41) is 36.7. The average Bonchev–Trinajstić information content (AvgIpc) is 3.09. The van der Waals surface area contributed by atoms with Gasteiger partial charge in [-0.3, -0.25) is 19.7 Å². The highest BCUT2D eigenvalue weighted by Crippen LogP contribution is 2.59. The molecule has 1 aliphatic heterocycles. The Morgan fingerprint density at radius 1 is 1.58 bits per heavy atom. The Bertz CT molecular complexity index is 662. The highest BCUT2D eigenvalue weighted by molar-refractivity contribution is 7.53. The minimum Gasteiger partial charge on any atom is -0.387 e. The average molecular weight is 365 g/mol. The molecule has 0 saturated carbocycles. The summed E-state index contributed by atoms with van der Waals surface area (Å²) in [6.07, 6.45) is -5.80. The lowest BCUT2D eigenvalue weighted by Crippen LogP contribution is -2.58. The van der Waals surface area contributed by atoms with Gasteiger partial charge in [-0.15, -0.1) is 0 Å². The number of carbonyl (C=O) groups is 1. The number of imidazole rings is 1. The maximum absolute atomic E-state index is 12.4. The maximum Gasteiger partial charge on any atom is 0.381 e. The molecule has 2 heterocycles. The molecule has 24 heavy (non-hydrogen) atoms. The lowest BCUT2D eigenvalue weighted by atomic mass is 10.1. The number of H-pyrrole nitrogens is 1. The molecule has 1 saturated heterocycles. The summed E-state index contributed by atoms with van der Waals surface area (Å²) in [5.41, 5.74) is 1.74. The molecule has 9 N–H and O–H groups in total. The van der Waals surface area contributed by atoms with E-state index in [-0.39, 0.29) is 16.9 Å². The molecule has 13 nitrogen and oxygen atoms in total. The fourth-order valence-electron chi connectivity index (χ4n) is 2.39. The smallest absolute Gasteiger partial charge is 0.381 e. The van der Waals surface area contributed by atoms with Crippen LogP contribution in [-0.2, 0) is 9.30 Å². The Morgan fingerprint density at radius 3 is 2.58 bits per heavy atom. The van der Waals surface area contributed by atoms with Crippen LogP contribution in [0.1, 0.15) is 10.5 Å². The number of hydrogen-bond donors (Lipinski definition) is 8. The van der Waals surface area contributed by atoms with Gasteiger partial charge in [-0.05, 0) is 0 Å². The van der Waals surface area contributed by atoms with Crippen LogP contribution in [0.25, 0.3) is 0 Å². The highest BCUT2D eigenvalue weighted by atomic mass is 31.2. The van der Waals surface area contributed by atoms with Gasteiger partial charge in [-0.25, -0.2) is 4.98 Å². The first-order valence-corrected chi connectivity index (χ1v) is 8.05. The van der Waals surface area contributed by atoms with Crippen molar-refractivity contribution in [3.8, 4) is 0 Å². The Kier molecular flexibility index (Phi) is 4.90. The Labute approximate surface area is 134 Å². The van der Waals surface area contributed by atoms with Crippen LogP contribution in [0.2, 0.25) is 0 Å². The number of carbonyl (C=O) groups excluding carboxylic acids is 1. The molecule has 1 amide bonds. The van der Waals surface area contributed by atoms with E-state index in [4.69, 9.17) is 15.9 Å². The molecule has 134 valence electrons. The normalized spacial score (nSPS) is 31.7. The Hall–Kier alpha value is -1.70. The molecular formula is C10H16N5O8P. The van der Waals surface area contributed by atoms with Crippen LogP contribution in [0, 0.1) is 5.41 Å². The molecule has 0 bridgehead atoms. The number of hydrogen-bond acceptors (Lipinski definition) is 9. The summed E-state index contributed by atoms with van der Waals surface area (Å²) in [7, 11) is -5.52. The van der Waals surface area contributed by atoms with Crippen LogP contribution >= 0.6 is 7.60 Å². The molecule has 2 unspecified atom stereocenters. The minimum absolute atomic E-state index is 0.109. The maximum atomic E-state index is 12.4. The summed E-state index contributed by atoms with van der Waals surface area (Å²) in [6, 6.07) is 0. The largest absolute Gasteiger partial charge is 0.387 e. The molecule has 1 fully saturated rings. The molecule has 0 radical (unpaired) electrons. The summed E-state index contributed by atoms with van der Waals surface area (Å²) in [5.74, 6) is -1.18. The van der Waals surface area contributed by atoms with Crippen molar-refractivity contribution in [2.24, 2.45) is 5.73 Å². The predicted molar refractivity (Wildman–Crippen MR) is 75.4 cm³/mol. The number of nitrogens with one attached hydrogen (secondary N) is 2. The summed E-state index contributed by atoms with van der Waals surface area (Å²) in [6.45, 7) is 0. The number of nitrogens with zero attached hydrogens (tertiary/aromatic N) is 2. The summed E-state index contributed by atoms with van der Waals surface area (Å²) in [4.78, 5) is 37.8. The van der Waals surface area contributed by atoms with Crippen LogP contribution in [0.15, 0.2) is 12.5 Å². The van der Waals surface area contributed by atoms with E-state index in [2.05, 4.69) is 9.97 Å². The Balaban J connectivity index is 2.58. The van der Waals surface area contributed by atoms with Crippen LogP contribution < -0.4 is 5.73 Å². The number of aromatic amines is 1. The number of aliphatic hydroxyl groups excluding tert-OH is 3. The lowest BCUT2D eigenvalue weighted by molar-refractivity contribution is -0.120. The van der Waals surface area contributed by atoms with Gasteiger partial charge in [-0.1, -0.05) is 0 Å². The van der Waals surface area contributed by atoms with Crippen LogP contribution in [0.3, 0.4) is 0 Å². The van der Waals surface area contributed by atoms with E-state index < -0.39 is 43.5 Å². The van der Waals surface area contributed by atoms with Gasteiger partial charge in [0, 0.05) is 0 Å². The molecule has 1 aliphatic rings. The van der Waals surface area contributed by atoms with E-state index in [0.717, 1.165) is 12.5 Å². The highest BCUT2D eigenvalue weighted by Gasteiger charge is 2.69. The van der Waals surface area contributed by atoms with Gasteiger partial charge in [0.1, 0.15) is 30.2 Å². The van der Waals surface area contributed by atoms with Gasteiger partial charge in [0.15, 0.2) is 0 Å². The second kappa shape index (κ2) is 6.31. The fraction of sp³-hybridized carbons (Fsp3) is 0.500. The number of aromatic nitrogens is 2. The molecule has 1 aromatic rings. The Morgan fingerprint density at radius 2 is 2.21 bits per heavy atom. The van der Waals surface area contributed by atoms with Gasteiger partial charge in [0.25, 0.3) is 11.4 Å². The zero-order chi connectivity index (χ0) is 18.3. The SMILES string of the molecule is N=CN(C(=O)c1cnc[nH]1)C1(P(=O)(O)O)O[C@H](C(N)O)[C@@H](O)[C@H]1O. The van der Waals surface area contributed by atoms with Crippen molar-refractivity contribution in [3.05, 3.63) is 18.2 Å². The third-order valence-electron chi connectivity index (χ3n) is 3.53. The van der Waals surface area contributed by atoms with E-state index in [1.165, 1.54) is 0 Å². The molecule has 0 spiro atoms. The zero-order valence-electron chi connectivity index (χ0n) is 11.9. The van der Waals surface area contributed by atoms with Gasteiger partial charge < -0.3 is 40.6 Å². The standard InChI is InChI=1S/C10H16N5O8P/c11-2-15(9(19)4-1-13-3-14-4)10(24(20,21)22)7(17)5(16)6(23-10)8(12)18/h1-3,5-8,11,16-18H,12H2,(H,13,14)(H2,20,21,22)/t5-,6+,7-,8?,10?/m1/s1. The topological polar surface area (TPSA) is 226 Å².